The molecule has 146 valence electrons. The SMILES string of the molecule is C[C@@H]1C(=NO)[C@H](C)[C@H](c2ccc([N+](=O)[O-])cc2)N[C@H]1c1ccc([N+](=O)[O-])cc1. The molecular weight excluding hydrogens is 364 g/mol. The van der Waals surface area contributed by atoms with Gasteiger partial charge in [-0.15, -0.1) is 0 Å². The molecule has 1 heterocycles. The highest BCUT2D eigenvalue weighted by atomic mass is 16.6. The summed E-state index contributed by atoms with van der Waals surface area (Å²) in [5.74, 6) is -0.286. The normalized spacial score (nSPS) is 26.1. The predicted molar refractivity (Wildman–Crippen MR) is 102 cm³/mol. The Kier molecular flexibility index (Phi) is 5.36. The third-order valence-corrected chi connectivity index (χ3v) is 5.33. The number of nitrogens with zero attached hydrogens (tertiary/aromatic N) is 3. The van der Waals surface area contributed by atoms with E-state index in [1.54, 1.807) is 24.3 Å². The van der Waals surface area contributed by atoms with Crippen LogP contribution in [0.5, 0.6) is 0 Å². The summed E-state index contributed by atoms with van der Waals surface area (Å²) >= 11 is 0. The van der Waals surface area contributed by atoms with E-state index in [9.17, 15) is 25.4 Å². The molecule has 0 saturated carbocycles. The maximum Gasteiger partial charge on any atom is 0.269 e. The van der Waals surface area contributed by atoms with E-state index in [-0.39, 0.29) is 35.3 Å². The van der Waals surface area contributed by atoms with Gasteiger partial charge in [-0.1, -0.05) is 43.3 Å². The van der Waals surface area contributed by atoms with Gasteiger partial charge < -0.3 is 10.5 Å². The third kappa shape index (κ3) is 3.56. The number of nitro groups is 2. The van der Waals surface area contributed by atoms with Crippen LogP contribution in [-0.2, 0) is 0 Å². The van der Waals surface area contributed by atoms with Crippen LogP contribution in [0.2, 0.25) is 0 Å². The third-order valence-electron chi connectivity index (χ3n) is 5.33. The largest absolute Gasteiger partial charge is 0.411 e. The Morgan fingerprint density at radius 2 is 1.18 bits per heavy atom. The number of hydrogen-bond acceptors (Lipinski definition) is 7. The molecule has 0 unspecified atom stereocenters. The Balaban J connectivity index is 1.95. The van der Waals surface area contributed by atoms with Crippen LogP contribution < -0.4 is 5.32 Å². The maximum absolute atomic E-state index is 10.9. The van der Waals surface area contributed by atoms with Gasteiger partial charge in [0.1, 0.15) is 0 Å². The van der Waals surface area contributed by atoms with Crippen molar-refractivity contribution in [2.75, 3.05) is 0 Å². The summed E-state index contributed by atoms with van der Waals surface area (Å²) in [6, 6.07) is 12.0. The number of benzene rings is 2. The van der Waals surface area contributed by atoms with Crippen molar-refractivity contribution >= 4 is 17.1 Å². The van der Waals surface area contributed by atoms with Crippen molar-refractivity contribution in [2.45, 2.75) is 25.9 Å². The predicted octanol–water partition coefficient (Wildman–Crippen LogP) is 3.99. The lowest BCUT2D eigenvalue weighted by atomic mass is 9.75. The molecule has 0 aliphatic carbocycles. The Bertz CT molecular complexity index is 839. The van der Waals surface area contributed by atoms with Crippen molar-refractivity contribution in [3.63, 3.8) is 0 Å². The molecule has 0 radical (unpaired) electrons. The van der Waals surface area contributed by atoms with E-state index in [1.807, 2.05) is 13.8 Å². The average Bonchev–Trinajstić information content (AvgIpc) is 2.69. The summed E-state index contributed by atoms with van der Waals surface area (Å²) in [5.41, 5.74) is 2.27. The second-order valence-electron chi connectivity index (χ2n) is 6.92. The van der Waals surface area contributed by atoms with Gasteiger partial charge in [0.05, 0.1) is 15.6 Å². The molecule has 28 heavy (non-hydrogen) atoms. The van der Waals surface area contributed by atoms with Gasteiger partial charge in [-0.05, 0) is 11.1 Å². The van der Waals surface area contributed by atoms with E-state index in [4.69, 9.17) is 0 Å². The minimum atomic E-state index is -0.454. The van der Waals surface area contributed by atoms with Crippen LogP contribution in [0, 0.1) is 32.1 Å². The fraction of sp³-hybridized carbons (Fsp3) is 0.316. The van der Waals surface area contributed by atoms with E-state index in [0.29, 0.717) is 5.71 Å². The Morgan fingerprint density at radius 3 is 1.46 bits per heavy atom. The van der Waals surface area contributed by atoms with Crippen molar-refractivity contribution in [3.8, 4) is 0 Å². The first-order valence-electron chi connectivity index (χ1n) is 8.80. The molecule has 3 rings (SSSR count). The second kappa shape index (κ2) is 7.73. The summed E-state index contributed by atoms with van der Waals surface area (Å²) in [4.78, 5) is 20.9. The Hall–Kier alpha value is -3.33. The van der Waals surface area contributed by atoms with Crippen molar-refractivity contribution in [3.05, 3.63) is 79.9 Å². The molecule has 0 aromatic heterocycles. The quantitative estimate of drug-likeness (QED) is 0.465. The first-order valence-corrected chi connectivity index (χ1v) is 8.80. The van der Waals surface area contributed by atoms with Gasteiger partial charge in [0, 0.05) is 48.2 Å². The number of nitrogens with one attached hydrogen (secondary N) is 1. The lowest BCUT2D eigenvalue weighted by Crippen LogP contribution is -2.46. The van der Waals surface area contributed by atoms with Gasteiger partial charge in [0.2, 0.25) is 0 Å². The van der Waals surface area contributed by atoms with Crippen molar-refractivity contribution < 1.29 is 15.1 Å². The lowest BCUT2D eigenvalue weighted by molar-refractivity contribution is -0.385. The van der Waals surface area contributed by atoms with E-state index >= 15 is 0 Å². The highest BCUT2D eigenvalue weighted by Crippen LogP contribution is 2.39. The van der Waals surface area contributed by atoms with Crippen molar-refractivity contribution in [1.29, 1.82) is 0 Å². The molecule has 0 spiro atoms. The molecule has 2 N–H and O–H groups in total. The number of piperidine rings is 1. The summed E-state index contributed by atoms with van der Waals surface area (Å²) in [6.07, 6.45) is 0. The monoisotopic (exact) mass is 384 g/mol. The average molecular weight is 384 g/mol. The molecule has 1 fully saturated rings. The summed E-state index contributed by atoms with van der Waals surface area (Å²) in [5, 5.41) is 38.4. The van der Waals surface area contributed by atoms with Gasteiger partial charge in [-0.2, -0.15) is 0 Å². The zero-order chi connectivity index (χ0) is 20.4. The second-order valence-corrected chi connectivity index (χ2v) is 6.92. The van der Waals surface area contributed by atoms with Crippen LogP contribution >= 0.6 is 0 Å². The topological polar surface area (TPSA) is 131 Å². The molecule has 0 amide bonds. The van der Waals surface area contributed by atoms with Gasteiger partial charge in [0.25, 0.3) is 11.4 Å². The van der Waals surface area contributed by atoms with Crippen LogP contribution in [0.25, 0.3) is 0 Å². The molecule has 9 nitrogen and oxygen atoms in total. The van der Waals surface area contributed by atoms with Crippen LogP contribution in [0.15, 0.2) is 53.7 Å². The summed E-state index contributed by atoms with van der Waals surface area (Å²) in [7, 11) is 0. The van der Waals surface area contributed by atoms with E-state index < -0.39 is 9.85 Å². The highest BCUT2D eigenvalue weighted by Gasteiger charge is 2.39. The van der Waals surface area contributed by atoms with Crippen LogP contribution in [0.3, 0.4) is 0 Å². The number of nitro benzene ring substituents is 2. The molecule has 1 aliphatic heterocycles. The molecule has 9 heteroatoms. The number of non-ortho nitro benzene ring substituents is 2. The fourth-order valence-electron chi connectivity index (χ4n) is 3.80. The van der Waals surface area contributed by atoms with E-state index in [1.165, 1.54) is 24.3 Å². The molecular formula is C19H20N4O5. The lowest BCUT2D eigenvalue weighted by Gasteiger charge is -2.41. The molecule has 1 saturated heterocycles. The van der Waals surface area contributed by atoms with Gasteiger partial charge >= 0.3 is 0 Å². The zero-order valence-corrected chi connectivity index (χ0v) is 15.4. The first-order chi connectivity index (χ1) is 13.3. The van der Waals surface area contributed by atoms with Crippen LogP contribution in [-0.4, -0.2) is 20.8 Å². The molecule has 1 aliphatic rings. The summed E-state index contributed by atoms with van der Waals surface area (Å²) in [6.45, 7) is 3.85. The molecule has 2 aromatic carbocycles. The van der Waals surface area contributed by atoms with Crippen LogP contribution in [0.4, 0.5) is 11.4 Å². The molecule has 2 aromatic rings. The number of hydrogen-bond donors (Lipinski definition) is 2. The summed E-state index contributed by atoms with van der Waals surface area (Å²) < 4.78 is 0. The van der Waals surface area contributed by atoms with Crippen molar-refractivity contribution in [2.24, 2.45) is 17.0 Å². The fourth-order valence-corrected chi connectivity index (χ4v) is 3.80. The maximum atomic E-state index is 10.9. The van der Waals surface area contributed by atoms with Gasteiger partial charge in [-0.3, -0.25) is 20.2 Å². The number of rotatable bonds is 4. The zero-order valence-electron chi connectivity index (χ0n) is 15.4. The highest BCUT2D eigenvalue weighted by molar-refractivity contribution is 5.90. The van der Waals surface area contributed by atoms with Crippen molar-refractivity contribution in [1.82, 2.24) is 5.32 Å². The number of oxime groups is 1. The van der Waals surface area contributed by atoms with Crippen LogP contribution in [0.1, 0.15) is 37.1 Å². The van der Waals surface area contributed by atoms with Gasteiger partial charge in [0.15, 0.2) is 0 Å². The molecule has 0 bridgehead atoms. The first kappa shape index (κ1) is 19.4. The minimum Gasteiger partial charge on any atom is -0.411 e. The van der Waals surface area contributed by atoms with E-state index in [2.05, 4.69) is 10.5 Å². The molecule has 4 atom stereocenters. The minimum absolute atomic E-state index is 0.00329. The smallest absolute Gasteiger partial charge is 0.269 e. The van der Waals surface area contributed by atoms with E-state index in [0.717, 1.165) is 11.1 Å². The standard InChI is InChI=1S/C19H20N4O5/c1-11-17(21-24)12(2)19(14-5-9-16(10-6-14)23(27)28)20-18(11)13-3-7-15(8-4-13)22(25)26/h3-12,18-20,24H,1-2H3/t11-,12+,18-,19-/m1/s1. The Morgan fingerprint density at radius 1 is 0.821 bits per heavy atom. The Labute approximate surface area is 161 Å². The van der Waals surface area contributed by atoms with Gasteiger partial charge in [-0.25, -0.2) is 0 Å².